The fourth-order valence-electron chi connectivity index (χ4n) is 3.85. The number of aryl methyl sites for hydroxylation is 1. The van der Waals surface area contributed by atoms with Crippen molar-refractivity contribution >= 4 is 21.6 Å². The number of hydrogen-bond donors (Lipinski definition) is 1. The number of benzene rings is 4. The van der Waals surface area contributed by atoms with Crippen molar-refractivity contribution in [1.82, 2.24) is 5.32 Å². The number of hydrogen-bond acceptors (Lipinski definition) is 4. The Morgan fingerprint density at radius 3 is 1.97 bits per heavy atom. The first kappa shape index (κ1) is 25.0. The Balaban J connectivity index is 1.54. The molecule has 0 aliphatic heterocycles. The van der Waals surface area contributed by atoms with Gasteiger partial charge in [0.1, 0.15) is 5.75 Å². The Bertz CT molecular complexity index is 1420. The van der Waals surface area contributed by atoms with E-state index in [0.717, 1.165) is 16.7 Å². The van der Waals surface area contributed by atoms with E-state index in [1.807, 2.05) is 61.5 Å². The van der Waals surface area contributed by atoms with Gasteiger partial charge in [0, 0.05) is 12.6 Å². The molecule has 0 unspecified atom stereocenters. The maximum absolute atomic E-state index is 13.2. The Morgan fingerprint density at radius 2 is 1.39 bits per heavy atom. The van der Waals surface area contributed by atoms with Crippen LogP contribution in [-0.2, 0) is 10.0 Å². The van der Waals surface area contributed by atoms with Crippen LogP contribution in [0.15, 0.2) is 108 Å². The first-order valence-electron chi connectivity index (χ1n) is 11.4. The van der Waals surface area contributed by atoms with Crippen molar-refractivity contribution in [3.63, 3.8) is 0 Å². The van der Waals surface area contributed by atoms with Crippen LogP contribution in [0.2, 0.25) is 0 Å². The topological polar surface area (TPSA) is 75.7 Å². The number of methoxy groups -OCH3 is 1. The number of carbonyl (C=O) groups is 1. The average Bonchev–Trinajstić information content (AvgIpc) is 2.92. The number of amides is 1. The molecule has 0 fully saturated rings. The maximum Gasteiger partial charge on any atom is 0.264 e. The third kappa shape index (κ3) is 5.42. The summed E-state index contributed by atoms with van der Waals surface area (Å²) in [5.74, 6) is 0.322. The Hall–Kier alpha value is -4.10. The summed E-state index contributed by atoms with van der Waals surface area (Å²) in [6.45, 7) is 2.02. The lowest BCUT2D eigenvalue weighted by molar-refractivity contribution is 0.0943. The van der Waals surface area contributed by atoms with Gasteiger partial charge < -0.3 is 10.1 Å². The molecule has 6 nitrogen and oxygen atoms in total. The second kappa shape index (κ2) is 10.7. The molecule has 4 aromatic carbocycles. The number of nitrogens with one attached hydrogen (secondary N) is 1. The van der Waals surface area contributed by atoms with E-state index in [4.69, 9.17) is 4.74 Å². The van der Waals surface area contributed by atoms with E-state index in [9.17, 15) is 13.2 Å². The molecule has 0 aliphatic rings. The first-order valence-corrected chi connectivity index (χ1v) is 12.9. The van der Waals surface area contributed by atoms with E-state index in [2.05, 4.69) is 5.32 Å². The van der Waals surface area contributed by atoms with Gasteiger partial charge in [-0.2, -0.15) is 0 Å². The lowest BCUT2D eigenvalue weighted by Gasteiger charge is -2.21. The minimum absolute atomic E-state index is 0.149. The molecule has 0 saturated heterocycles. The monoisotopic (exact) mass is 500 g/mol. The van der Waals surface area contributed by atoms with E-state index in [1.165, 1.54) is 30.6 Å². The molecule has 0 bridgehead atoms. The van der Waals surface area contributed by atoms with Gasteiger partial charge in [-0.3, -0.25) is 9.10 Å². The number of anilines is 1. The smallest absolute Gasteiger partial charge is 0.264 e. The van der Waals surface area contributed by atoms with Crippen LogP contribution in [-0.4, -0.2) is 28.5 Å². The number of nitrogens with zero attached hydrogens (tertiary/aromatic N) is 1. The van der Waals surface area contributed by atoms with Gasteiger partial charge >= 0.3 is 0 Å². The van der Waals surface area contributed by atoms with Gasteiger partial charge in [-0.15, -0.1) is 0 Å². The van der Waals surface area contributed by atoms with Crippen molar-refractivity contribution < 1.29 is 17.9 Å². The molecule has 4 aromatic rings. The summed E-state index contributed by atoms with van der Waals surface area (Å²) < 4.78 is 32.4. The quantitative estimate of drug-likeness (QED) is 0.354. The highest BCUT2D eigenvalue weighted by Gasteiger charge is 2.22. The normalized spacial score (nSPS) is 12.0. The van der Waals surface area contributed by atoms with Gasteiger partial charge in [0.15, 0.2) is 0 Å². The van der Waals surface area contributed by atoms with Crippen molar-refractivity contribution in [2.24, 2.45) is 0 Å². The molecule has 0 saturated carbocycles. The summed E-state index contributed by atoms with van der Waals surface area (Å²) in [5.41, 5.74) is 3.96. The molecular formula is C29H28N2O4S. The van der Waals surface area contributed by atoms with Crippen LogP contribution < -0.4 is 14.4 Å². The highest BCUT2D eigenvalue weighted by molar-refractivity contribution is 7.92. The zero-order valence-electron chi connectivity index (χ0n) is 20.4. The van der Waals surface area contributed by atoms with Crippen molar-refractivity contribution in [2.45, 2.75) is 17.9 Å². The molecule has 0 heterocycles. The molecule has 1 amide bonds. The zero-order chi connectivity index (χ0) is 25.7. The second-order valence-corrected chi connectivity index (χ2v) is 10.4. The summed E-state index contributed by atoms with van der Waals surface area (Å²) in [6.07, 6.45) is 0. The van der Waals surface area contributed by atoms with Crippen molar-refractivity contribution in [3.8, 4) is 5.75 Å². The minimum Gasteiger partial charge on any atom is -0.497 e. The van der Waals surface area contributed by atoms with Crippen LogP contribution in [0, 0.1) is 6.92 Å². The van der Waals surface area contributed by atoms with Gasteiger partial charge in [-0.1, -0.05) is 60.2 Å². The van der Waals surface area contributed by atoms with Gasteiger partial charge in [0.25, 0.3) is 15.9 Å². The van der Waals surface area contributed by atoms with Crippen molar-refractivity contribution in [1.29, 1.82) is 0 Å². The molecule has 4 rings (SSSR count). The number of sulfonamides is 1. The number of ether oxygens (including phenoxy) is 1. The predicted octanol–water partition coefficient (Wildman–Crippen LogP) is 5.35. The van der Waals surface area contributed by atoms with E-state index < -0.39 is 10.0 Å². The second-order valence-electron chi connectivity index (χ2n) is 8.42. The highest BCUT2D eigenvalue weighted by Crippen LogP contribution is 2.26. The van der Waals surface area contributed by atoms with Gasteiger partial charge in [-0.05, 0) is 66.6 Å². The van der Waals surface area contributed by atoms with Gasteiger partial charge in [0.05, 0.1) is 23.7 Å². The van der Waals surface area contributed by atoms with E-state index in [1.54, 1.807) is 36.4 Å². The molecule has 184 valence electrons. The van der Waals surface area contributed by atoms with E-state index in [0.29, 0.717) is 17.0 Å². The molecule has 0 aromatic heterocycles. The first-order chi connectivity index (χ1) is 17.3. The zero-order valence-corrected chi connectivity index (χ0v) is 21.2. The summed E-state index contributed by atoms with van der Waals surface area (Å²) in [6, 6.07) is 30.2. The minimum atomic E-state index is -3.77. The van der Waals surface area contributed by atoms with E-state index in [-0.39, 0.29) is 16.8 Å². The number of rotatable bonds is 8. The lowest BCUT2D eigenvalue weighted by atomic mass is 9.97. The largest absolute Gasteiger partial charge is 0.497 e. The van der Waals surface area contributed by atoms with Crippen LogP contribution in [0.5, 0.6) is 5.75 Å². The molecule has 1 N–H and O–H groups in total. The number of carbonyl (C=O) groups excluding carboxylic acids is 1. The summed E-state index contributed by atoms with van der Waals surface area (Å²) in [4.78, 5) is 13.3. The SMILES string of the molecule is COc1ccc(S(=O)(=O)N(C)c2ccc(C(=O)N[C@@H](c3ccccc3)c3ccc(C)cc3)cc2)cc1. The predicted molar refractivity (Wildman–Crippen MR) is 142 cm³/mol. The summed E-state index contributed by atoms with van der Waals surface area (Å²) in [7, 11) is -0.760. The third-order valence-electron chi connectivity index (χ3n) is 6.03. The van der Waals surface area contributed by atoms with Crippen LogP contribution in [0.3, 0.4) is 0 Å². The van der Waals surface area contributed by atoms with Crippen molar-refractivity contribution in [3.05, 3.63) is 125 Å². The van der Waals surface area contributed by atoms with Crippen LogP contribution in [0.25, 0.3) is 0 Å². The lowest BCUT2D eigenvalue weighted by Crippen LogP contribution is -2.29. The Morgan fingerprint density at radius 1 is 0.806 bits per heavy atom. The fraction of sp³-hybridized carbons (Fsp3) is 0.138. The van der Waals surface area contributed by atoms with Gasteiger partial charge in [0.2, 0.25) is 0 Å². The summed E-state index contributed by atoms with van der Waals surface area (Å²) in [5, 5.41) is 3.12. The highest BCUT2D eigenvalue weighted by atomic mass is 32.2. The van der Waals surface area contributed by atoms with E-state index >= 15 is 0 Å². The molecule has 7 heteroatoms. The summed E-state index contributed by atoms with van der Waals surface area (Å²) >= 11 is 0. The van der Waals surface area contributed by atoms with Crippen LogP contribution in [0.4, 0.5) is 5.69 Å². The molecule has 1 atom stereocenters. The Labute approximate surface area is 212 Å². The Kier molecular flexibility index (Phi) is 7.41. The average molecular weight is 501 g/mol. The van der Waals surface area contributed by atoms with Gasteiger partial charge in [-0.25, -0.2) is 8.42 Å². The van der Waals surface area contributed by atoms with Crippen LogP contribution >= 0.6 is 0 Å². The maximum atomic E-state index is 13.2. The standard InChI is InChI=1S/C29H28N2O4S/c1-21-9-11-23(12-10-21)28(22-7-5-4-6-8-22)30-29(32)24-13-15-25(16-14-24)31(2)36(33,34)27-19-17-26(35-3)18-20-27/h4-20,28H,1-3H3,(H,30,32)/t28-/m0/s1. The van der Waals surface area contributed by atoms with Crippen LogP contribution in [0.1, 0.15) is 33.1 Å². The molecule has 36 heavy (non-hydrogen) atoms. The molecule has 0 spiro atoms. The molecule has 0 radical (unpaired) electrons. The molecule has 0 aliphatic carbocycles. The van der Waals surface area contributed by atoms with Crippen molar-refractivity contribution in [2.75, 3.05) is 18.5 Å². The molecular weight excluding hydrogens is 472 g/mol. The third-order valence-corrected chi connectivity index (χ3v) is 7.83. The fourth-order valence-corrected chi connectivity index (χ4v) is 5.04.